The monoisotopic (exact) mass is 608 g/mol. The number of aromatic hydroxyl groups is 1. The van der Waals surface area contributed by atoms with Crippen LogP contribution in [-0.4, -0.2) is 75.5 Å². The molecule has 9 N–H and O–H groups in total. The standard InChI is InChI=1S/C31H40N6O7/c1-4-17(2)27(32)31(44)35-18(3)28(41)36-24(13-19-9-11-21(38)12-10-19)30(43)37-25(29(42)34-16-26(39)40)14-20-15-33-23-8-6-5-7-22(20)23/h5-12,15,17-18,24-25,27,33,38H,4,13-14,16,32H2,1-3H3,(H,34,42)(H,35,44)(H,36,41)(H,37,43)(H,39,40)/t17-,18-,24-,25-,27-/m0/s1. The molecule has 0 aliphatic rings. The van der Waals surface area contributed by atoms with Crippen LogP contribution in [0.5, 0.6) is 5.75 Å². The van der Waals surface area contributed by atoms with Gasteiger partial charge in [0.2, 0.25) is 23.6 Å². The second-order valence-electron chi connectivity index (χ2n) is 10.8. The molecule has 5 atom stereocenters. The van der Waals surface area contributed by atoms with Crippen molar-refractivity contribution in [3.8, 4) is 5.75 Å². The molecule has 0 bridgehead atoms. The lowest BCUT2D eigenvalue weighted by atomic mass is 9.99. The Bertz CT molecular complexity index is 1470. The number of aromatic amines is 1. The molecule has 0 radical (unpaired) electrons. The molecule has 1 heterocycles. The molecule has 13 nitrogen and oxygen atoms in total. The number of phenolic OH excluding ortho intramolecular Hbond substituents is 1. The van der Waals surface area contributed by atoms with Crippen molar-refractivity contribution in [3.63, 3.8) is 0 Å². The van der Waals surface area contributed by atoms with Crippen molar-refractivity contribution in [2.24, 2.45) is 11.7 Å². The maximum atomic E-state index is 13.7. The molecule has 0 fully saturated rings. The van der Waals surface area contributed by atoms with Crippen molar-refractivity contribution in [1.82, 2.24) is 26.3 Å². The Hall–Kier alpha value is -4.91. The molecule has 0 saturated carbocycles. The number of carbonyl (C=O) groups excluding carboxylic acids is 4. The molecule has 4 amide bonds. The van der Waals surface area contributed by atoms with Gasteiger partial charge in [-0.15, -0.1) is 0 Å². The molecule has 0 unspecified atom stereocenters. The summed E-state index contributed by atoms with van der Waals surface area (Å²) in [5, 5.41) is 29.8. The topological polar surface area (TPSA) is 216 Å². The minimum atomic E-state index is -1.25. The normalized spacial score (nSPS) is 14.5. The number of aromatic nitrogens is 1. The fraction of sp³-hybridized carbons (Fsp3) is 0.387. The van der Waals surface area contributed by atoms with E-state index in [1.807, 2.05) is 38.1 Å². The van der Waals surface area contributed by atoms with Gasteiger partial charge in [-0.2, -0.15) is 0 Å². The number of fused-ring (bicyclic) bond motifs is 1. The third-order valence-electron chi connectivity index (χ3n) is 7.47. The van der Waals surface area contributed by atoms with Crippen molar-refractivity contribution in [1.29, 1.82) is 0 Å². The number of rotatable bonds is 15. The van der Waals surface area contributed by atoms with Gasteiger partial charge in [0.05, 0.1) is 6.04 Å². The van der Waals surface area contributed by atoms with Gasteiger partial charge in [0, 0.05) is 29.9 Å². The first-order valence-electron chi connectivity index (χ1n) is 14.4. The Kier molecular flexibility index (Phi) is 11.9. The van der Waals surface area contributed by atoms with Gasteiger partial charge in [0.15, 0.2) is 0 Å². The van der Waals surface area contributed by atoms with E-state index in [0.29, 0.717) is 17.5 Å². The minimum Gasteiger partial charge on any atom is -0.508 e. The zero-order chi connectivity index (χ0) is 32.4. The molecule has 0 spiro atoms. The van der Waals surface area contributed by atoms with Gasteiger partial charge < -0.3 is 42.2 Å². The highest BCUT2D eigenvalue weighted by Gasteiger charge is 2.30. The van der Waals surface area contributed by atoms with Gasteiger partial charge in [-0.25, -0.2) is 0 Å². The minimum absolute atomic E-state index is 0.0124. The third kappa shape index (κ3) is 9.30. The van der Waals surface area contributed by atoms with Gasteiger partial charge in [-0.1, -0.05) is 50.6 Å². The molecule has 44 heavy (non-hydrogen) atoms. The predicted molar refractivity (Wildman–Crippen MR) is 163 cm³/mol. The third-order valence-corrected chi connectivity index (χ3v) is 7.47. The van der Waals surface area contributed by atoms with Crippen LogP contribution in [0, 0.1) is 5.92 Å². The lowest BCUT2D eigenvalue weighted by Crippen LogP contribution is -2.58. The summed E-state index contributed by atoms with van der Waals surface area (Å²) in [5.74, 6) is -3.94. The number of nitrogens with one attached hydrogen (secondary N) is 5. The molecule has 2 aromatic carbocycles. The lowest BCUT2D eigenvalue weighted by molar-refractivity contribution is -0.138. The van der Waals surface area contributed by atoms with E-state index in [0.717, 1.165) is 10.9 Å². The number of benzene rings is 2. The summed E-state index contributed by atoms with van der Waals surface area (Å²) in [6.45, 7) is 4.54. The molecule has 0 aliphatic heterocycles. The van der Waals surface area contributed by atoms with Crippen molar-refractivity contribution in [2.75, 3.05) is 6.54 Å². The summed E-state index contributed by atoms with van der Waals surface area (Å²) in [4.78, 5) is 66.7. The molecule has 0 aliphatic carbocycles. The highest BCUT2D eigenvalue weighted by atomic mass is 16.4. The molecular formula is C31H40N6O7. The van der Waals surface area contributed by atoms with E-state index >= 15 is 0 Å². The number of aliphatic carboxylic acids is 1. The van der Waals surface area contributed by atoms with Crippen LogP contribution in [0.2, 0.25) is 0 Å². The Morgan fingerprint density at radius 1 is 0.841 bits per heavy atom. The zero-order valence-corrected chi connectivity index (χ0v) is 24.9. The van der Waals surface area contributed by atoms with Crippen molar-refractivity contribution < 1.29 is 34.2 Å². The van der Waals surface area contributed by atoms with E-state index in [-0.39, 0.29) is 24.5 Å². The molecular weight excluding hydrogens is 568 g/mol. The summed E-state index contributed by atoms with van der Waals surface area (Å²) in [6.07, 6.45) is 2.39. The highest BCUT2D eigenvalue weighted by Crippen LogP contribution is 2.19. The molecule has 0 saturated heterocycles. The van der Waals surface area contributed by atoms with Crippen molar-refractivity contribution in [2.45, 2.75) is 64.2 Å². The number of hydrogen-bond donors (Lipinski definition) is 8. The Labute approximate surface area is 255 Å². The molecule has 13 heteroatoms. The first-order valence-corrected chi connectivity index (χ1v) is 14.4. The van der Waals surface area contributed by atoms with Crippen LogP contribution >= 0.6 is 0 Å². The van der Waals surface area contributed by atoms with E-state index in [9.17, 15) is 29.1 Å². The summed E-state index contributed by atoms with van der Waals surface area (Å²) in [5.41, 5.74) is 8.13. The van der Waals surface area contributed by atoms with E-state index in [2.05, 4.69) is 26.3 Å². The molecule has 3 rings (SSSR count). The summed E-state index contributed by atoms with van der Waals surface area (Å²) >= 11 is 0. The number of carboxylic acid groups (broad SMARTS) is 1. The van der Waals surface area contributed by atoms with E-state index in [1.54, 1.807) is 18.3 Å². The number of hydrogen-bond acceptors (Lipinski definition) is 7. The van der Waals surface area contributed by atoms with Crippen LogP contribution in [0.1, 0.15) is 38.3 Å². The zero-order valence-electron chi connectivity index (χ0n) is 24.9. The first kappa shape index (κ1) is 33.6. The quantitative estimate of drug-likeness (QED) is 0.123. The van der Waals surface area contributed by atoms with Crippen LogP contribution in [0.3, 0.4) is 0 Å². The van der Waals surface area contributed by atoms with Crippen LogP contribution in [0.15, 0.2) is 54.7 Å². The second kappa shape index (κ2) is 15.5. The Morgan fingerprint density at radius 3 is 2.14 bits per heavy atom. The van der Waals surface area contributed by atoms with Crippen molar-refractivity contribution in [3.05, 3.63) is 65.9 Å². The van der Waals surface area contributed by atoms with Crippen LogP contribution in [0.4, 0.5) is 0 Å². The average molecular weight is 609 g/mol. The summed E-state index contributed by atoms with van der Waals surface area (Å²) < 4.78 is 0. The molecule has 236 valence electrons. The van der Waals surface area contributed by atoms with E-state index < -0.39 is 60.3 Å². The van der Waals surface area contributed by atoms with E-state index in [4.69, 9.17) is 10.8 Å². The van der Waals surface area contributed by atoms with Gasteiger partial charge in [-0.05, 0) is 42.2 Å². The maximum Gasteiger partial charge on any atom is 0.322 e. The number of carbonyl (C=O) groups is 5. The first-order chi connectivity index (χ1) is 20.9. The van der Waals surface area contributed by atoms with Crippen LogP contribution in [-0.2, 0) is 36.8 Å². The average Bonchev–Trinajstić information content (AvgIpc) is 3.41. The number of nitrogens with two attached hydrogens (primary N) is 1. The SMILES string of the molecule is CC[C@H](C)[C@H](N)C(=O)N[C@@H](C)C(=O)N[C@@H](Cc1ccc(O)cc1)C(=O)N[C@@H](Cc1c[nH]c2ccccc12)C(=O)NCC(=O)O. The van der Waals surface area contributed by atoms with Crippen LogP contribution in [0.25, 0.3) is 10.9 Å². The smallest absolute Gasteiger partial charge is 0.322 e. The van der Waals surface area contributed by atoms with Crippen molar-refractivity contribution >= 4 is 40.5 Å². The maximum absolute atomic E-state index is 13.7. The number of H-pyrrole nitrogens is 1. The molecule has 1 aromatic heterocycles. The fourth-order valence-corrected chi connectivity index (χ4v) is 4.55. The van der Waals surface area contributed by atoms with Gasteiger partial charge in [-0.3, -0.25) is 24.0 Å². The van der Waals surface area contributed by atoms with Gasteiger partial charge in [0.25, 0.3) is 0 Å². The highest BCUT2D eigenvalue weighted by molar-refractivity contribution is 5.95. The second-order valence-corrected chi connectivity index (χ2v) is 10.8. The van der Waals surface area contributed by atoms with Crippen LogP contribution < -0.4 is 27.0 Å². The number of carboxylic acids is 1. The number of phenols is 1. The molecule has 3 aromatic rings. The lowest BCUT2D eigenvalue weighted by Gasteiger charge is -2.25. The van der Waals surface area contributed by atoms with Gasteiger partial charge in [0.1, 0.15) is 30.4 Å². The largest absolute Gasteiger partial charge is 0.508 e. The summed E-state index contributed by atoms with van der Waals surface area (Å²) in [6, 6.07) is 9.18. The predicted octanol–water partition coefficient (Wildman–Crippen LogP) is 0.707. The number of amides is 4. The van der Waals surface area contributed by atoms with E-state index in [1.165, 1.54) is 19.1 Å². The fourth-order valence-electron chi connectivity index (χ4n) is 4.55. The summed E-state index contributed by atoms with van der Waals surface area (Å²) in [7, 11) is 0. The van der Waals surface area contributed by atoms with Gasteiger partial charge >= 0.3 is 5.97 Å². The number of para-hydroxylation sites is 1. The Morgan fingerprint density at radius 2 is 1.48 bits per heavy atom. The Balaban J connectivity index is 1.83.